The molecule has 15 heavy (non-hydrogen) atoms. The van der Waals surface area contributed by atoms with Gasteiger partial charge in [-0.25, -0.2) is 0 Å². The summed E-state index contributed by atoms with van der Waals surface area (Å²) in [5, 5.41) is 3.56. The predicted molar refractivity (Wildman–Crippen MR) is 64.2 cm³/mol. The Morgan fingerprint density at radius 2 is 2.20 bits per heavy atom. The minimum absolute atomic E-state index is 0.347. The van der Waals surface area contributed by atoms with Crippen LogP contribution in [0.5, 0.6) is 0 Å². The van der Waals surface area contributed by atoms with Gasteiger partial charge in [-0.15, -0.1) is 0 Å². The number of nitrogens with zero attached hydrogens (tertiary/aromatic N) is 1. The van der Waals surface area contributed by atoms with E-state index < -0.39 is 0 Å². The highest BCUT2D eigenvalue weighted by Gasteiger charge is 2.17. The second-order valence-electron chi connectivity index (χ2n) is 5.01. The van der Waals surface area contributed by atoms with Crippen molar-refractivity contribution in [3.63, 3.8) is 0 Å². The van der Waals surface area contributed by atoms with Gasteiger partial charge in [0.2, 0.25) is 0 Å². The first-order valence-corrected chi connectivity index (χ1v) is 6.10. The lowest BCUT2D eigenvalue weighted by Crippen LogP contribution is -2.44. The monoisotopic (exact) mass is 214 g/mol. The van der Waals surface area contributed by atoms with E-state index in [4.69, 9.17) is 4.74 Å². The van der Waals surface area contributed by atoms with Crippen molar-refractivity contribution < 1.29 is 4.74 Å². The molecule has 90 valence electrons. The smallest absolute Gasteiger partial charge is 0.0670 e. The Labute approximate surface area is 94.2 Å². The van der Waals surface area contributed by atoms with Crippen LogP contribution in [0.2, 0.25) is 0 Å². The van der Waals surface area contributed by atoms with Gasteiger partial charge in [0.1, 0.15) is 0 Å². The van der Waals surface area contributed by atoms with Crippen molar-refractivity contribution in [2.45, 2.75) is 39.3 Å². The number of hydrogen-bond acceptors (Lipinski definition) is 3. The maximum Gasteiger partial charge on any atom is 0.0670 e. The molecule has 0 aromatic rings. The van der Waals surface area contributed by atoms with Gasteiger partial charge < -0.3 is 15.0 Å². The molecule has 3 heteroatoms. The van der Waals surface area contributed by atoms with E-state index in [-0.39, 0.29) is 0 Å². The summed E-state index contributed by atoms with van der Waals surface area (Å²) in [6.45, 7) is 11.3. The molecule has 1 rings (SSSR count). The molecule has 1 fully saturated rings. The molecular formula is C12H26N2O. The first-order chi connectivity index (χ1) is 7.11. The van der Waals surface area contributed by atoms with Crippen LogP contribution in [0.3, 0.4) is 0 Å². The fraction of sp³-hybridized carbons (Fsp3) is 1.00. The average molecular weight is 214 g/mol. The molecular weight excluding hydrogens is 188 g/mol. The molecule has 1 saturated heterocycles. The van der Waals surface area contributed by atoms with Gasteiger partial charge in [-0.2, -0.15) is 0 Å². The molecule has 0 radical (unpaired) electrons. The number of nitrogens with one attached hydrogen (secondary N) is 1. The second kappa shape index (κ2) is 6.46. The Morgan fingerprint density at radius 1 is 1.47 bits per heavy atom. The lowest BCUT2D eigenvalue weighted by atomic mass is 10.1. The molecule has 1 aliphatic heterocycles. The van der Waals surface area contributed by atoms with E-state index in [2.05, 4.69) is 31.0 Å². The van der Waals surface area contributed by atoms with E-state index in [0.717, 1.165) is 19.0 Å². The topological polar surface area (TPSA) is 24.5 Å². The molecule has 0 amide bonds. The van der Waals surface area contributed by atoms with E-state index >= 15 is 0 Å². The minimum Gasteiger partial charge on any atom is -0.380 e. The van der Waals surface area contributed by atoms with Crippen LogP contribution in [-0.4, -0.2) is 50.3 Å². The van der Waals surface area contributed by atoms with Crippen molar-refractivity contribution in [3.05, 3.63) is 0 Å². The third kappa shape index (κ3) is 4.96. The van der Waals surface area contributed by atoms with Crippen molar-refractivity contribution in [2.24, 2.45) is 5.92 Å². The van der Waals surface area contributed by atoms with Crippen LogP contribution >= 0.6 is 0 Å². The third-order valence-corrected chi connectivity index (χ3v) is 3.18. The molecule has 1 N–H and O–H groups in total. The molecule has 3 nitrogen and oxygen atoms in total. The Morgan fingerprint density at radius 3 is 2.87 bits per heavy atom. The lowest BCUT2D eigenvalue weighted by Gasteiger charge is -2.32. The predicted octanol–water partition coefficient (Wildman–Crippen LogP) is 1.34. The zero-order chi connectivity index (χ0) is 11.3. The van der Waals surface area contributed by atoms with Gasteiger partial charge in [0.25, 0.3) is 0 Å². The molecule has 0 aromatic heterocycles. The van der Waals surface area contributed by atoms with Crippen LogP contribution in [0.4, 0.5) is 0 Å². The fourth-order valence-corrected chi connectivity index (χ4v) is 2.08. The van der Waals surface area contributed by atoms with Crippen molar-refractivity contribution in [1.82, 2.24) is 10.2 Å². The Bertz CT molecular complexity index is 173. The molecule has 3 atom stereocenters. The van der Waals surface area contributed by atoms with E-state index in [9.17, 15) is 0 Å². The van der Waals surface area contributed by atoms with Crippen LogP contribution in [0.15, 0.2) is 0 Å². The highest BCUT2D eigenvalue weighted by Crippen LogP contribution is 2.08. The summed E-state index contributed by atoms with van der Waals surface area (Å²) in [5.74, 6) is 0.733. The average Bonchev–Trinajstić information content (AvgIpc) is 2.20. The van der Waals surface area contributed by atoms with Crippen LogP contribution < -0.4 is 5.32 Å². The van der Waals surface area contributed by atoms with Crippen molar-refractivity contribution >= 4 is 0 Å². The van der Waals surface area contributed by atoms with Gasteiger partial charge in [0.05, 0.1) is 6.10 Å². The third-order valence-electron chi connectivity index (χ3n) is 3.18. The molecule has 3 unspecified atom stereocenters. The van der Waals surface area contributed by atoms with Crippen LogP contribution in [-0.2, 0) is 4.74 Å². The van der Waals surface area contributed by atoms with Gasteiger partial charge in [-0.1, -0.05) is 6.92 Å². The molecule has 0 saturated carbocycles. The van der Waals surface area contributed by atoms with E-state index in [1.165, 1.54) is 19.5 Å². The molecule has 0 aromatic carbocycles. The second-order valence-corrected chi connectivity index (χ2v) is 5.01. The standard InChI is InChI=1S/C12H26N2O/c1-10-7-13-11(2)5-6-14(8-10)9-12(3)15-4/h10-13H,5-9H2,1-4H3. The van der Waals surface area contributed by atoms with Crippen LogP contribution in [0.1, 0.15) is 27.2 Å². The first kappa shape index (κ1) is 12.9. The lowest BCUT2D eigenvalue weighted by molar-refractivity contribution is 0.0671. The van der Waals surface area contributed by atoms with Crippen molar-refractivity contribution in [1.29, 1.82) is 0 Å². The summed E-state index contributed by atoms with van der Waals surface area (Å²) in [6.07, 6.45) is 1.59. The Kier molecular flexibility index (Phi) is 5.58. The van der Waals surface area contributed by atoms with Gasteiger partial charge in [0, 0.05) is 26.2 Å². The quantitative estimate of drug-likeness (QED) is 0.767. The molecule has 1 aliphatic rings. The number of methoxy groups -OCH3 is 1. The van der Waals surface area contributed by atoms with Gasteiger partial charge in [-0.05, 0) is 39.3 Å². The maximum atomic E-state index is 5.33. The first-order valence-electron chi connectivity index (χ1n) is 6.10. The summed E-state index contributed by atoms with van der Waals surface area (Å²) in [6, 6.07) is 0.646. The molecule has 1 heterocycles. The van der Waals surface area contributed by atoms with Crippen molar-refractivity contribution in [2.75, 3.05) is 33.3 Å². The van der Waals surface area contributed by atoms with E-state index in [1.54, 1.807) is 7.11 Å². The molecule has 0 spiro atoms. The summed E-state index contributed by atoms with van der Waals surface area (Å²) in [4.78, 5) is 2.54. The van der Waals surface area contributed by atoms with Crippen molar-refractivity contribution in [3.8, 4) is 0 Å². The van der Waals surface area contributed by atoms with Crippen LogP contribution in [0.25, 0.3) is 0 Å². The number of rotatable bonds is 3. The summed E-state index contributed by atoms with van der Waals surface area (Å²) >= 11 is 0. The highest BCUT2D eigenvalue weighted by atomic mass is 16.5. The molecule has 0 bridgehead atoms. The summed E-state index contributed by atoms with van der Waals surface area (Å²) < 4.78 is 5.33. The summed E-state index contributed by atoms with van der Waals surface area (Å²) in [5.41, 5.74) is 0. The van der Waals surface area contributed by atoms with Gasteiger partial charge in [-0.3, -0.25) is 0 Å². The minimum atomic E-state index is 0.347. The molecule has 0 aliphatic carbocycles. The van der Waals surface area contributed by atoms with Gasteiger partial charge in [0.15, 0.2) is 0 Å². The Balaban J connectivity index is 2.40. The number of ether oxygens (including phenoxy) is 1. The fourth-order valence-electron chi connectivity index (χ4n) is 2.08. The number of hydrogen-bond donors (Lipinski definition) is 1. The largest absolute Gasteiger partial charge is 0.380 e. The van der Waals surface area contributed by atoms with E-state index in [1.807, 2.05) is 0 Å². The maximum absolute atomic E-state index is 5.33. The highest BCUT2D eigenvalue weighted by molar-refractivity contribution is 4.74. The Hall–Kier alpha value is -0.120. The zero-order valence-corrected chi connectivity index (χ0v) is 10.6. The van der Waals surface area contributed by atoms with Crippen LogP contribution in [0, 0.1) is 5.92 Å². The summed E-state index contributed by atoms with van der Waals surface area (Å²) in [7, 11) is 1.79. The normalized spacial score (nSPS) is 32.0. The van der Waals surface area contributed by atoms with Gasteiger partial charge >= 0.3 is 0 Å². The van der Waals surface area contributed by atoms with E-state index in [0.29, 0.717) is 12.1 Å². The SMILES string of the molecule is COC(C)CN1CCC(C)NCC(C)C1. The zero-order valence-electron chi connectivity index (χ0n) is 10.6.